The highest BCUT2D eigenvalue weighted by Gasteiger charge is 2.06. The molecule has 0 aromatic heterocycles. The van der Waals surface area contributed by atoms with Gasteiger partial charge in [-0.15, -0.1) is 0 Å². The van der Waals surface area contributed by atoms with Gasteiger partial charge in [0.1, 0.15) is 5.75 Å². The van der Waals surface area contributed by atoms with Crippen LogP contribution in [0.15, 0.2) is 54.6 Å². The molecule has 0 bridgehead atoms. The molecule has 0 aliphatic carbocycles. The van der Waals surface area contributed by atoms with Crippen LogP contribution in [0, 0.1) is 0 Å². The average Bonchev–Trinajstić information content (AvgIpc) is 2.53. The van der Waals surface area contributed by atoms with Crippen molar-refractivity contribution in [3.8, 4) is 5.75 Å². The second kappa shape index (κ2) is 7.56. The Morgan fingerprint density at radius 2 is 1.70 bits per heavy atom. The first kappa shape index (κ1) is 14.4. The summed E-state index contributed by atoms with van der Waals surface area (Å²) >= 11 is 0. The molecule has 3 heteroatoms. The highest BCUT2D eigenvalue weighted by Crippen LogP contribution is 2.18. The SMILES string of the molecule is COc1ccc(CN(CCCN)c2ccccc2)cc1. The van der Waals surface area contributed by atoms with Crippen LogP contribution in [0.3, 0.4) is 0 Å². The predicted octanol–water partition coefficient (Wildman–Crippen LogP) is 3.05. The monoisotopic (exact) mass is 270 g/mol. The number of benzene rings is 2. The highest BCUT2D eigenvalue weighted by molar-refractivity contribution is 5.46. The van der Waals surface area contributed by atoms with Gasteiger partial charge in [-0.25, -0.2) is 0 Å². The molecule has 2 aromatic rings. The van der Waals surface area contributed by atoms with Crippen molar-refractivity contribution >= 4 is 5.69 Å². The molecule has 3 nitrogen and oxygen atoms in total. The van der Waals surface area contributed by atoms with E-state index in [1.165, 1.54) is 11.3 Å². The number of para-hydroxylation sites is 1. The second-order valence-corrected chi connectivity index (χ2v) is 4.75. The first-order chi connectivity index (χ1) is 9.83. The van der Waals surface area contributed by atoms with Crippen LogP contribution in [0.1, 0.15) is 12.0 Å². The molecule has 0 spiro atoms. The van der Waals surface area contributed by atoms with Gasteiger partial charge in [-0.3, -0.25) is 0 Å². The van der Waals surface area contributed by atoms with Gasteiger partial charge in [0.05, 0.1) is 7.11 Å². The Morgan fingerprint density at radius 1 is 1.00 bits per heavy atom. The van der Waals surface area contributed by atoms with Crippen LogP contribution < -0.4 is 15.4 Å². The van der Waals surface area contributed by atoms with Crippen molar-refractivity contribution in [1.29, 1.82) is 0 Å². The van der Waals surface area contributed by atoms with Crippen molar-refractivity contribution in [3.63, 3.8) is 0 Å². The van der Waals surface area contributed by atoms with Crippen molar-refractivity contribution < 1.29 is 4.74 Å². The summed E-state index contributed by atoms with van der Waals surface area (Å²) in [7, 11) is 1.69. The van der Waals surface area contributed by atoms with E-state index in [9.17, 15) is 0 Å². The summed E-state index contributed by atoms with van der Waals surface area (Å²) in [5, 5.41) is 0. The van der Waals surface area contributed by atoms with Gasteiger partial charge in [0.2, 0.25) is 0 Å². The van der Waals surface area contributed by atoms with E-state index in [0.717, 1.165) is 25.3 Å². The van der Waals surface area contributed by atoms with E-state index in [-0.39, 0.29) is 0 Å². The molecule has 20 heavy (non-hydrogen) atoms. The molecule has 0 unspecified atom stereocenters. The number of hydrogen-bond acceptors (Lipinski definition) is 3. The molecule has 0 amide bonds. The van der Waals surface area contributed by atoms with Crippen molar-refractivity contribution in [2.24, 2.45) is 5.73 Å². The minimum Gasteiger partial charge on any atom is -0.497 e. The van der Waals surface area contributed by atoms with Crippen molar-refractivity contribution in [2.45, 2.75) is 13.0 Å². The van der Waals surface area contributed by atoms with Crippen molar-refractivity contribution in [3.05, 3.63) is 60.2 Å². The Balaban J connectivity index is 2.10. The van der Waals surface area contributed by atoms with E-state index in [2.05, 4.69) is 41.3 Å². The molecule has 2 aromatic carbocycles. The molecule has 0 fully saturated rings. The Labute approximate surface area is 121 Å². The Bertz CT molecular complexity index is 496. The van der Waals surface area contributed by atoms with Crippen LogP contribution in [0.2, 0.25) is 0 Å². The first-order valence-electron chi connectivity index (χ1n) is 6.96. The van der Waals surface area contributed by atoms with Crippen LogP contribution in [-0.4, -0.2) is 20.2 Å². The topological polar surface area (TPSA) is 38.5 Å². The summed E-state index contributed by atoms with van der Waals surface area (Å²) in [5.41, 5.74) is 8.15. The lowest BCUT2D eigenvalue weighted by molar-refractivity contribution is 0.414. The van der Waals surface area contributed by atoms with E-state index < -0.39 is 0 Å². The summed E-state index contributed by atoms with van der Waals surface area (Å²) in [6.07, 6.45) is 0.991. The third kappa shape index (κ3) is 4.00. The minimum atomic E-state index is 0.714. The largest absolute Gasteiger partial charge is 0.497 e. The van der Waals surface area contributed by atoms with E-state index in [1.54, 1.807) is 7.11 Å². The van der Waals surface area contributed by atoms with Crippen LogP contribution in [0.4, 0.5) is 5.69 Å². The van der Waals surface area contributed by atoms with Gasteiger partial charge >= 0.3 is 0 Å². The normalized spacial score (nSPS) is 10.3. The van der Waals surface area contributed by atoms with Crippen LogP contribution in [0.5, 0.6) is 5.75 Å². The molecule has 2 N–H and O–H groups in total. The number of methoxy groups -OCH3 is 1. The van der Waals surface area contributed by atoms with Gasteiger partial charge in [-0.2, -0.15) is 0 Å². The molecule has 0 saturated heterocycles. The van der Waals surface area contributed by atoms with E-state index in [1.807, 2.05) is 18.2 Å². The number of nitrogens with zero attached hydrogens (tertiary/aromatic N) is 1. The smallest absolute Gasteiger partial charge is 0.118 e. The molecule has 0 aliphatic rings. The maximum Gasteiger partial charge on any atom is 0.118 e. The average molecular weight is 270 g/mol. The summed E-state index contributed by atoms with van der Waals surface area (Å²) in [4.78, 5) is 2.36. The maximum absolute atomic E-state index is 5.64. The molecule has 0 radical (unpaired) electrons. The van der Waals surface area contributed by atoms with Crippen molar-refractivity contribution in [2.75, 3.05) is 25.1 Å². The first-order valence-corrected chi connectivity index (χ1v) is 6.96. The minimum absolute atomic E-state index is 0.714. The quantitative estimate of drug-likeness (QED) is 0.840. The molecule has 0 heterocycles. The lowest BCUT2D eigenvalue weighted by Crippen LogP contribution is -2.25. The zero-order valence-corrected chi connectivity index (χ0v) is 12.0. The lowest BCUT2D eigenvalue weighted by atomic mass is 10.1. The summed E-state index contributed by atoms with van der Waals surface area (Å²) in [5.74, 6) is 0.891. The number of ether oxygens (including phenoxy) is 1. The van der Waals surface area contributed by atoms with E-state index >= 15 is 0 Å². The molecule has 2 rings (SSSR count). The molecular formula is C17H22N2O. The second-order valence-electron chi connectivity index (χ2n) is 4.75. The van der Waals surface area contributed by atoms with Gasteiger partial charge in [0.25, 0.3) is 0 Å². The Kier molecular flexibility index (Phi) is 5.44. The predicted molar refractivity (Wildman–Crippen MR) is 84.2 cm³/mol. The molecule has 106 valence electrons. The number of anilines is 1. The summed E-state index contributed by atoms with van der Waals surface area (Å²) in [6.45, 7) is 2.56. The van der Waals surface area contributed by atoms with Crippen LogP contribution in [-0.2, 0) is 6.54 Å². The highest BCUT2D eigenvalue weighted by atomic mass is 16.5. The van der Waals surface area contributed by atoms with Gasteiger partial charge in [-0.05, 0) is 42.8 Å². The van der Waals surface area contributed by atoms with Crippen LogP contribution >= 0.6 is 0 Å². The zero-order chi connectivity index (χ0) is 14.2. The van der Waals surface area contributed by atoms with Crippen LogP contribution in [0.25, 0.3) is 0 Å². The van der Waals surface area contributed by atoms with Gasteiger partial charge < -0.3 is 15.4 Å². The summed E-state index contributed by atoms with van der Waals surface area (Å²) in [6, 6.07) is 18.7. The number of hydrogen-bond donors (Lipinski definition) is 1. The fourth-order valence-electron chi connectivity index (χ4n) is 2.17. The Hall–Kier alpha value is -2.00. The zero-order valence-electron chi connectivity index (χ0n) is 12.0. The molecular weight excluding hydrogens is 248 g/mol. The maximum atomic E-state index is 5.64. The lowest BCUT2D eigenvalue weighted by Gasteiger charge is -2.25. The standard InChI is InChI=1S/C17H22N2O/c1-20-17-10-8-15(9-11-17)14-19(13-5-12-18)16-6-3-2-4-7-16/h2-4,6-11H,5,12-14,18H2,1H3. The fourth-order valence-corrected chi connectivity index (χ4v) is 2.17. The number of rotatable bonds is 7. The van der Waals surface area contributed by atoms with Gasteiger partial charge in [0, 0.05) is 18.8 Å². The van der Waals surface area contributed by atoms with Gasteiger partial charge in [-0.1, -0.05) is 30.3 Å². The fraction of sp³-hybridized carbons (Fsp3) is 0.294. The van der Waals surface area contributed by atoms with Crippen molar-refractivity contribution in [1.82, 2.24) is 0 Å². The van der Waals surface area contributed by atoms with Gasteiger partial charge in [0.15, 0.2) is 0 Å². The molecule has 0 saturated carbocycles. The van der Waals surface area contributed by atoms with E-state index in [0.29, 0.717) is 6.54 Å². The third-order valence-electron chi connectivity index (χ3n) is 3.29. The molecule has 0 atom stereocenters. The van der Waals surface area contributed by atoms with E-state index in [4.69, 9.17) is 10.5 Å². The number of nitrogens with two attached hydrogens (primary N) is 1. The Morgan fingerprint density at radius 3 is 2.30 bits per heavy atom. The molecule has 0 aliphatic heterocycles. The summed E-state index contributed by atoms with van der Waals surface area (Å²) < 4.78 is 5.19. The third-order valence-corrected chi connectivity index (χ3v) is 3.29.